The van der Waals surface area contributed by atoms with Gasteiger partial charge in [0, 0.05) is 17.5 Å². The topological polar surface area (TPSA) is 109 Å². The largest absolute Gasteiger partial charge is 0.480 e. The van der Waals surface area contributed by atoms with Gasteiger partial charge in [-0.25, -0.2) is 4.98 Å². The van der Waals surface area contributed by atoms with Crippen LogP contribution in [-0.2, 0) is 4.79 Å². The highest BCUT2D eigenvalue weighted by molar-refractivity contribution is 7.99. The number of rotatable bonds is 5. The first kappa shape index (κ1) is 12.7. The molecular formula is C9H13N3O3S. The molecule has 1 atom stereocenters. The molecule has 1 unspecified atom stereocenters. The number of carboxylic acids is 1. The third-order valence-electron chi connectivity index (χ3n) is 1.83. The van der Waals surface area contributed by atoms with Gasteiger partial charge in [0.15, 0.2) is 5.16 Å². The Morgan fingerprint density at radius 2 is 2.44 bits per heavy atom. The highest BCUT2D eigenvalue weighted by Gasteiger charge is 2.11. The van der Waals surface area contributed by atoms with E-state index in [1.807, 2.05) is 0 Å². The van der Waals surface area contributed by atoms with Crippen LogP contribution < -0.4 is 11.3 Å². The molecule has 0 spiro atoms. The van der Waals surface area contributed by atoms with Crippen molar-refractivity contribution in [2.75, 3.05) is 5.75 Å². The number of carboxylic acid groups (broad SMARTS) is 1. The number of thioether (sulfide) groups is 1. The minimum absolute atomic E-state index is 0.211. The van der Waals surface area contributed by atoms with E-state index < -0.39 is 12.0 Å². The maximum atomic E-state index is 11.1. The van der Waals surface area contributed by atoms with Gasteiger partial charge in [0.25, 0.3) is 5.56 Å². The number of aromatic nitrogens is 2. The SMILES string of the molecule is Cc1cc(=O)[nH]c(SCCC(N)C(=O)O)n1. The molecule has 0 aliphatic heterocycles. The van der Waals surface area contributed by atoms with Crippen LogP contribution in [0.3, 0.4) is 0 Å². The lowest BCUT2D eigenvalue weighted by molar-refractivity contribution is -0.138. The molecule has 0 bridgehead atoms. The van der Waals surface area contributed by atoms with Crippen LogP contribution in [0.1, 0.15) is 12.1 Å². The monoisotopic (exact) mass is 243 g/mol. The molecular weight excluding hydrogens is 230 g/mol. The predicted octanol–water partition coefficient (Wildman–Crippen LogP) is -0.0276. The van der Waals surface area contributed by atoms with Gasteiger partial charge in [0.1, 0.15) is 6.04 Å². The van der Waals surface area contributed by atoms with Gasteiger partial charge in [0.05, 0.1) is 0 Å². The zero-order chi connectivity index (χ0) is 12.1. The fraction of sp³-hybridized carbons (Fsp3) is 0.444. The van der Waals surface area contributed by atoms with Crippen LogP contribution in [0.4, 0.5) is 0 Å². The number of nitrogens with one attached hydrogen (secondary N) is 1. The summed E-state index contributed by atoms with van der Waals surface area (Å²) in [5.74, 6) is -0.522. The Morgan fingerprint density at radius 1 is 1.75 bits per heavy atom. The summed E-state index contributed by atoms with van der Waals surface area (Å²) in [5.41, 5.74) is 5.76. The van der Waals surface area contributed by atoms with Gasteiger partial charge in [0.2, 0.25) is 0 Å². The second kappa shape index (κ2) is 5.66. The molecule has 1 heterocycles. The number of hydrogen-bond acceptors (Lipinski definition) is 5. The summed E-state index contributed by atoms with van der Waals surface area (Å²) in [6, 6.07) is 0.525. The molecule has 1 aromatic heterocycles. The molecule has 16 heavy (non-hydrogen) atoms. The molecule has 0 radical (unpaired) electrons. The number of aryl methyl sites for hydroxylation is 1. The van der Waals surface area contributed by atoms with Crippen LogP contribution in [0.15, 0.2) is 16.0 Å². The molecule has 88 valence electrons. The number of aliphatic carboxylic acids is 1. The molecule has 1 rings (SSSR count). The zero-order valence-electron chi connectivity index (χ0n) is 8.77. The van der Waals surface area contributed by atoms with Crippen molar-refractivity contribution in [2.24, 2.45) is 5.73 Å². The lowest BCUT2D eigenvalue weighted by Crippen LogP contribution is -2.30. The predicted molar refractivity (Wildman–Crippen MR) is 60.5 cm³/mol. The number of H-pyrrole nitrogens is 1. The van der Waals surface area contributed by atoms with Crippen LogP contribution in [0.2, 0.25) is 0 Å². The van der Waals surface area contributed by atoms with Crippen LogP contribution >= 0.6 is 11.8 Å². The Bertz CT molecular complexity index is 432. The molecule has 6 nitrogen and oxygen atoms in total. The number of aromatic amines is 1. The van der Waals surface area contributed by atoms with Gasteiger partial charge in [-0.3, -0.25) is 9.59 Å². The van der Waals surface area contributed by atoms with Gasteiger partial charge < -0.3 is 15.8 Å². The van der Waals surface area contributed by atoms with E-state index in [9.17, 15) is 9.59 Å². The van der Waals surface area contributed by atoms with Crippen molar-refractivity contribution in [2.45, 2.75) is 24.5 Å². The lowest BCUT2D eigenvalue weighted by atomic mass is 10.2. The molecule has 0 aliphatic rings. The van der Waals surface area contributed by atoms with Crippen LogP contribution in [0, 0.1) is 6.92 Å². The smallest absolute Gasteiger partial charge is 0.320 e. The van der Waals surface area contributed by atoms with E-state index in [0.29, 0.717) is 23.0 Å². The summed E-state index contributed by atoms with van der Waals surface area (Å²) >= 11 is 1.28. The Hall–Kier alpha value is -1.34. The maximum Gasteiger partial charge on any atom is 0.320 e. The van der Waals surface area contributed by atoms with Gasteiger partial charge in [-0.05, 0) is 13.3 Å². The number of hydrogen-bond donors (Lipinski definition) is 3. The molecule has 0 aliphatic carbocycles. The normalized spacial score (nSPS) is 12.4. The minimum atomic E-state index is -1.02. The molecule has 0 saturated heterocycles. The van der Waals surface area contributed by atoms with Crippen LogP contribution in [0.5, 0.6) is 0 Å². The molecule has 7 heteroatoms. The minimum Gasteiger partial charge on any atom is -0.480 e. The Balaban J connectivity index is 2.49. The summed E-state index contributed by atoms with van der Waals surface area (Å²) < 4.78 is 0. The van der Waals surface area contributed by atoms with Crippen LogP contribution in [0.25, 0.3) is 0 Å². The van der Waals surface area contributed by atoms with E-state index in [1.54, 1.807) is 6.92 Å². The average Bonchev–Trinajstić information content (AvgIpc) is 2.15. The van der Waals surface area contributed by atoms with Crippen molar-refractivity contribution in [3.8, 4) is 0 Å². The van der Waals surface area contributed by atoms with Crippen molar-refractivity contribution < 1.29 is 9.90 Å². The summed E-state index contributed by atoms with van der Waals surface area (Å²) in [7, 11) is 0. The first-order chi connectivity index (χ1) is 7.49. The molecule has 0 fully saturated rings. The van der Waals surface area contributed by atoms with Gasteiger partial charge in [-0.15, -0.1) is 0 Å². The van der Waals surface area contributed by atoms with Crippen molar-refractivity contribution in [1.82, 2.24) is 9.97 Å². The van der Waals surface area contributed by atoms with Crippen LogP contribution in [-0.4, -0.2) is 32.8 Å². The number of carbonyl (C=O) groups is 1. The molecule has 0 saturated carbocycles. The van der Waals surface area contributed by atoms with Crippen molar-refractivity contribution >= 4 is 17.7 Å². The number of nitrogens with zero attached hydrogens (tertiary/aromatic N) is 1. The Kier molecular flexibility index (Phi) is 4.51. The van der Waals surface area contributed by atoms with Gasteiger partial charge >= 0.3 is 5.97 Å². The lowest BCUT2D eigenvalue weighted by Gasteiger charge is -2.05. The first-order valence-electron chi connectivity index (χ1n) is 4.68. The second-order valence-electron chi connectivity index (χ2n) is 3.27. The third-order valence-corrected chi connectivity index (χ3v) is 2.74. The van der Waals surface area contributed by atoms with E-state index in [-0.39, 0.29) is 5.56 Å². The molecule has 1 aromatic rings. The molecule has 0 aromatic carbocycles. The summed E-state index contributed by atoms with van der Waals surface area (Å²) in [6.07, 6.45) is 0.331. The van der Waals surface area contributed by atoms with Gasteiger partial charge in [-0.2, -0.15) is 0 Å². The summed E-state index contributed by atoms with van der Waals surface area (Å²) in [6.45, 7) is 1.72. The van der Waals surface area contributed by atoms with Crippen molar-refractivity contribution in [3.63, 3.8) is 0 Å². The third kappa shape index (κ3) is 4.03. The summed E-state index contributed by atoms with van der Waals surface area (Å²) in [5, 5.41) is 9.05. The average molecular weight is 243 g/mol. The second-order valence-corrected chi connectivity index (χ2v) is 4.36. The fourth-order valence-electron chi connectivity index (χ4n) is 1.03. The van der Waals surface area contributed by atoms with E-state index in [2.05, 4.69) is 9.97 Å². The summed E-state index contributed by atoms with van der Waals surface area (Å²) in [4.78, 5) is 28.2. The van der Waals surface area contributed by atoms with E-state index in [0.717, 1.165) is 0 Å². The molecule has 4 N–H and O–H groups in total. The highest BCUT2D eigenvalue weighted by atomic mass is 32.2. The van der Waals surface area contributed by atoms with E-state index in [1.165, 1.54) is 17.8 Å². The highest BCUT2D eigenvalue weighted by Crippen LogP contribution is 2.12. The van der Waals surface area contributed by atoms with E-state index in [4.69, 9.17) is 10.8 Å². The zero-order valence-corrected chi connectivity index (χ0v) is 9.58. The Morgan fingerprint density at radius 3 is 3.00 bits per heavy atom. The van der Waals surface area contributed by atoms with Gasteiger partial charge in [-0.1, -0.05) is 11.8 Å². The number of nitrogens with two attached hydrogens (primary N) is 1. The molecule has 0 amide bonds. The Labute approximate surface area is 96.3 Å². The fourth-order valence-corrected chi connectivity index (χ4v) is 1.97. The maximum absolute atomic E-state index is 11.1. The van der Waals surface area contributed by atoms with Crippen molar-refractivity contribution in [1.29, 1.82) is 0 Å². The quantitative estimate of drug-likeness (QED) is 0.495. The standard InChI is InChI=1S/C9H13N3O3S/c1-5-4-7(13)12-9(11-5)16-3-2-6(10)8(14)15/h4,6H,2-3,10H2,1H3,(H,14,15)(H,11,12,13). The van der Waals surface area contributed by atoms with E-state index >= 15 is 0 Å². The first-order valence-corrected chi connectivity index (χ1v) is 5.67. The van der Waals surface area contributed by atoms with Crippen molar-refractivity contribution in [3.05, 3.63) is 22.1 Å².